The number of aryl methyl sites for hydroxylation is 1. The van der Waals surface area contributed by atoms with Crippen molar-refractivity contribution in [2.24, 2.45) is 5.92 Å². The molecule has 1 atom stereocenters. The van der Waals surface area contributed by atoms with Gasteiger partial charge in [-0.05, 0) is 79.4 Å². The third kappa shape index (κ3) is 9.65. The van der Waals surface area contributed by atoms with Gasteiger partial charge in [-0.15, -0.1) is 0 Å². The molecule has 8 nitrogen and oxygen atoms in total. The minimum atomic E-state index is -4.23. The first-order valence-corrected chi connectivity index (χ1v) is 17.1. The van der Waals surface area contributed by atoms with Gasteiger partial charge in [-0.1, -0.05) is 74.0 Å². The van der Waals surface area contributed by atoms with Crippen LogP contribution in [-0.4, -0.2) is 50.9 Å². The van der Waals surface area contributed by atoms with Gasteiger partial charge in [-0.3, -0.25) is 13.9 Å². The highest BCUT2D eigenvalue weighted by molar-refractivity contribution is 7.92. The molecule has 0 saturated carbocycles. The number of benzene rings is 4. The summed E-state index contributed by atoms with van der Waals surface area (Å²) in [5.74, 6) is -0.690. The molecule has 0 aliphatic rings. The van der Waals surface area contributed by atoms with Crippen molar-refractivity contribution in [3.8, 4) is 5.75 Å². The van der Waals surface area contributed by atoms with Crippen LogP contribution in [0, 0.1) is 18.7 Å². The van der Waals surface area contributed by atoms with Crippen LogP contribution in [0.4, 0.5) is 10.1 Å². The zero-order chi connectivity index (χ0) is 34.0. The van der Waals surface area contributed by atoms with E-state index in [2.05, 4.69) is 5.32 Å². The average molecular weight is 660 g/mol. The zero-order valence-electron chi connectivity index (χ0n) is 27.2. The molecule has 0 aliphatic heterocycles. The number of halogens is 1. The summed E-state index contributed by atoms with van der Waals surface area (Å²) >= 11 is 0. The summed E-state index contributed by atoms with van der Waals surface area (Å²) in [5.41, 5.74) is 2.55. The predicted octanol–water partition coefficient (Wildman–Crippen LogP) is 6.14. The summed E-state index contributed by atoms with van der Waals surface area (Å²) in [6.07, 6.45) is 0.186. The maximum Gasteiger partial charge on any atom is 0.264 e. The molecule has 1 N–H and O–H groups in total. The van der Waals surface area contributed by atoms with E-state index in [-0.39, 0.29) is 35.4 Å². The number of rotatable bonds is 15. The van der Waals surface area contributed by atoms with Gasteiger partial charge in [0.05, 0.1) is 17.2 Å². The van der Waals surface area contributed by atoms with E-state index < -0.39 is 34.3 Å². The van der Waals surface area contributed by atoms with Gasteiger partial charge in [-0.2, -0.15) is 0 Å². The Bertz CT molecular complexity index is 1710. The lowest BCUT2D eigenvalue weighted by Gasteiger charge is -2.34. The fraction of sp³-hybridized carbons (Fsp3) is 0.297. The molecule has 0 spiro atoms. The monoisotopic (exact) mass is 659 g/mol. The molecule has 2 amide bonds. The van der Waals surface area contributed by atoms with E-state index in [0.717, 1.165) is 15.4 Å². The van der Waals surface area contributed by atoms with Gasteiger partial charge in [0.25, 0.3) is 10.0 Å². The molecular weight excluding hydrogens is 617 g/mol. The van der Waals surface area contributed by atoms with Crippen molar-refractivity contribution >= 4 is 27.5 Å². The van der Waals surface area contributed by atoms with Crippen LogP contribution in [-0.2, 0) is 32.6 Å². The first-order valence-electron chi connectivity index (χ1n) is 15.7. The number of anilines is 1. The Labute approximate surface area is 277 Å². The molecule has 10 heteroatoms. The Kier molecular flexibility index (Phi) is 12.1. The average Bonchev–Trinajstić information content (AvgIpc) is 3.06. The van der Waals surface area contributed by atoms with Crippen LogP contribution in [0.3, 0.4) is 0 Å². The molecule has 0 radical (unpaired) electrons. The number of nitrogens with zero attached hydrogens (tertiary/aromatic N) is 2. The molecular formula is C37H42FN3O5S. The van der Waals surface area contributed by atoms with Crippen LogP contribution in [0.15, 0.2) is 108 Å². The Morgan fingerprint density at radius 1 is 0.851 bits per heavy atom. The van der Waals surface area contributed by atoms with E-state index in [0.29, 0.717) is 24.5 Å². The summed E-state index contributed by atoms with van der Waals surface area (Å²) in [5, 5.41) is 2.96. The number of carbonyl (C=O) groups is 2. The molecule has 0 aliphatic carbocycles. The summed E-state index contributed by atoms with van der Waals surface area (Å²) in [6, 6.07) is 26.9. The summed E-state index contributed by atoms with van der Waals surface area (Å²) in [6.45, 7) is 7.83. The minimum Gasteiger partial charge on any atom is -0.494 e. The molecule has 4 aromatic carbocycles. The largest absolute Gasteiger partial charge is 0.494 e. The van der Waals surface area contributed by atoms with Crippen molar-refractivity contribution in [1.82, 2.24) is 10.2 Å². The van der Waals surface area contributed by atoms with E-state index in [1.165, 1.54) is 29.2 Å². The second kappa shape index (κ2) is 16.2. The van der Waals surface area contributed by atoms with E-state index in [1.54, 1.807) is 48.5 Å². The number of carbonyl (C=O) groups excluding carboxylic acids is 2. The second-order valence-electron chi connectivity index (χ2n) is 11.7. The molecule has 0 fully saturated rings. The summed E-state index contributed by atoms with van der Waals surface area (Å²) in [4.78, 5) is 29.8. The van der Waals surface area contributed by atoms with Crippen LogP contribution in [0.1, 0.15) is 37.5 Å². The SMILES string of the molecule is CCOc1ccc(N(CC(=O)N(Cc2ccc(F)cc2)[C@H](Cc2ccccc2)C(=O)NCC(C)C)S(=O)(=O)c2ccc(C)cc2)cc1. The second-order valence-corrected chi connectivity index (χ2v) is 13.6. The van der Waals surface area contributed by atoms with Crippen molar-refractivity contribution in [2.45, 2.75) is 51.6 Å². The quantitative estimate of drug-likeness (QED) is 0.166. The van der Waals surface area contributed by atoms with E-state index in [4.69, 9.17) is 4.74 Å². The first kappa shape index (κ1) is 35.2. The van der Waals surface area contributed by atoms with Gasteiger partial charge in [0.15, 0.2) is 0 Å². The van der Waals surface area contributed by atoms with Gasteiger partial charge in [0.2, 0.25) is 11.8 Å². The van der Waals surface area contributed by atoms with Crippen LogP contribution in [0.25, 0.3) is 0 Å². The van der Waals surface area contributed by atoms with Crippen LogP contribution < -0.4 is 14.4 Å². The van der Waals surface area contributed by atoms with Crippen LogP contribution in [0.2, 0.25) is 0 Å². The van der Waals surface area contributed by atoms with Crippen LogP contribution in [0.5, 0.6) is 5.75 Å². The van der Waals surface area contributed by atoms with Crippen molar-refractivity contribution in [2.75, 3.05) is 24.0 Å². The number of hydrogen-bond donors (Lipinski definition) is 1. The number of sulfonamides is 1. The maximum atomic E-state index is 14.5. The standard InChI is InChI=1S/C37H42FN3O5S/c1-5-46-33-19-17-32(18-20-33)41(47(44,45)34-21-11-28(4)12-22-34)26-36(42)40(25-30-13-15-31(38)16-14-30)35(37(43)39-24-27(2)3)23-29-9-7-6-8-10-29/h6-22,27,35H,5,23-26H2,1-4H3,(H,39,43)/t35-/m1/s1. The molecule has 0 bridgehead atoms. The Morgan fingerprint density at radius 2 is 1.49 bits per heavy atom. The van der Waals surface area contributed by atoms with Crippen molar-refractivity contribution in [3.63, 3.8) is 0 Å². The molecule has 4 aromatic rings. The molecule has 0 heterocycles. The minimum absolute atomic E-state index is 0.0189. The Morgan fingerprint density at radius 3 is 2.09 bits per heavy atom. The molecule has 0 unspecified atom stereocenters. The lowest BCUT2D eigenvalue weighted by atomic mass is 10.0. The molecule has 47 heavy (non-hydrogen) atoms. The van der Waals surface area contributed by atoms with Crippen molar-refractivity contribution < 1.29 is 27.1 Å². The number of nitrogens with one attached hydrogen (secondary N) is 1. The molecule has 4 rings (SSSR count). The molecule has 0 saturated heterocycles. The number of amides is 2. The van der Waals surface area contributed by atoms with Crippen LogP contribution >= 0.6 is 0 Å². The van der Waals surface area contributed by atoms with Crippen molar-refractivity contribution in [3.05, 3.63) is 126 Å². The highest BCUT2D eigenvalue weighted by Gasteiger charge is 2.34. The number of ether oxygens (including phenoxy) is 1. The highest BCUT2D eigenvalue weighted by Crippen LogP contribution is 2.27. The summed E-state index contributed by atoms with van der Waals surface area (Å²) < 4.78 is 48.8. The van der Waals surface area contributed by atoms with Gasteiger partial charge in [0, 0.05) is 19.5 Å². The third-order valence-corrected chi connectivity index (χ3v) is 9.33. The zero-order valence-corrected chi connectivity index (χ0v) is 28.0. The lowest BCUT2D eigenvalue weighted by Crippen LogP contribution is -2.53. The first-order chi connectivity index (χ1) is 22.5. The smallest absolute Gasteiger partial charge is 0.264 e. The molecule has 0 aromatic heterocycles. The number of hydrogen-bond acceptors (Lipinski definition) is 5. The fourth-order valence-electron chi connectivity index (χ4n) is 5.00. The van der Waals surface area contributed by atoms with E-state index in [9.17, 15) is 22.4 Å². The van der Waals surface area contributed by atoms with Gasteiger partial charge >= 0.3 is 0 Å². The fourth-order valence-corrected chi connectivity index (χ4v) is 6.42. The third-order valence-electron chi connectivity index (χ3n) is 7.55. The summed E-state index contributed by atoms with van der Waals surface area (Å²) in [7, 11) is -4.23. The van der Waals surface area contributed by atoms with Gasteiger partial charge in [0.1, 0.15) is 24.2 Å². The topological polar surface area (TPSA) is 96.0 Å². The lowest BCUT2D eigenvalue weighted by molar-refractivity contribution is -0.140. The Hall–Kier alpha value is -4.70. The van der Waals surface area contributed by atoms with E-state index >= 15 is 0 Å². The predicted molar refractivity (Wildman–Crippen MR) is 182 cm³/mol. The highest BCUT2D eigenvalue weighted by atomic mass is 32.2. The van der Waals surface area contributed by atoms with Crippen molar-refractivity contribution in [1.29, 1.82) is 0 Å². The van der Waals surface area contributed by atoms with Gasteiger partial charge in [-0.25, -0.2) is 12.8 Å². The Balaban J connectivity index is 1.79. The van der Waals surface area contributed by atoms with Gasteiger partial charge < -0.3 is 15.0 Å². The maximum absolute atomic E-state index is 14.5. The molecule has 248 valence electrons. The van der Waals surface area contributed by atoms with E-state index in [1.807, 2.05) is 58.0 Å². The normalized spacial score (nSPS) is 12.0.